The Balaban J connectivity index is 1.65. The van der Waals surface area contributed by atoms with Crippen molar-refractivity contribution >= 4 is 28.3 Å². The third kappa shape index (κ3) is 2.85. The summed E-state index contributed by atoms with van der Waals surface area (Å²) in [5.41, 5.74) is 1.04. The molecule has 2 amide bonds. The van der Waals surface area contributed by atoms with Crippen molar-refractivity contribution in [1.82, 2.24) is 9.88 Å². The highest BCUT2D eigenvalue weighted by Crippen LogP contribution is 2.33. The summed E-state index contributed by atoms with van der Waals surface area (Å²) >= 11 is 1.51. The first-order valence-corrected chi connectivity index (χ1v) is 8.06. The molecule has 2 heterocycles. The summed E-state index contributed by atoms with van der Waals surface area (Å²) in [6.45, 7) is 3.40. The number of nitrogens with one attached hydrogen (secondary N) is 1. The highest BCUT2D eigenvalue weighted by Gasteiger charge is 2.31. The van der Waals surface area contributed by atoms with Crippen molar-refractivity contribution in [3.8, 4) is 0 Å². The second-order valence-corrected chi connectivity index (χ2v) is 6.55. The normalized spacial score (nSPS) is 17.8. The van der Waals surface area contributed by atoms with Crippen molar-refractivity contribution in [3.05, 3.63) is 10.6 Å². The average molecular weight is 293 g/mol. The van der Waals surface area contributed by atoms with Gasteiger partial charge in [-0.3, -0.25) is 9.59 Å². The number of thiazole rings is 1. The summed E-state index contributed by atoms with van der Waals surface area (Å²) < 4.78 is 0. The molecule has 0 radical (unpaired) electrons. The number of aromatic nitrogens is 1. The molecule has 0 atom stereocenters. The van der Waals surface area contributed by atoms with Crippen LogP contribution in [0, 0.1) is 5.92 Å². The van der Waals surface area contributed by atoms with Crippen LogP contribution in [0.2, 0.25) is 0 Å². The van der Waals surface area contributed by atoms with Gasteiger partial charge in [0.1, 0.15) is 0 Å². The van der Waals surface area contributed by atoms with E-state index >= 15 is 0 Å². The van der Waals surface area contributed by atoms with Gasteiger partial charge in [-0.1, -0.05) is 18.3 Å². The quantitative estimate of drug-likeness (QED) is 0.925. The summed E-state index contributed by atoms with van der Waals surface area (Å²) in [4.78, 5) is 31.2. The van der Waals surface area contributed by atoms with Gasteiger partial charge in [0.2, 0.25) is 11.8 Å². The predicted molar refractivity (Wildman–Crippen MR) is 77.5 cm³/mol. The van der Waals surface area contributed by atoms with E-state index in [1.807, 2.05) is 11.8 Å². The molecule has 0 unspecified atom stereocenters. The van der Waals surface area contributed by atoms with Crippen LogP contribution in [0.5, 0.6) is 0 Å². The molecule has 0 saturated heterocycles. The van der Waals surface area contributed by atoms with E-state index in [1.54, 1.807) is 0 Å². The van der Waals surface area contributed by atoms with E-state index in [0.717, 1.165) is 42.8 Å². The van der Waals surface area contributed by atoms with Crippen LogP contribution < -0.4 is 5.32 Å². The van der Waals surface area contributed by atoms with E-state index in [-0.39, 0.29) is 17.7 Å². The lowest BCUT2D eigenvalue weighted by Crippen LogP contribution is -2.35. The lowest BCUT2D eigenvalue weighted by Gasteiger charge is -2.25. The largest absolute Gasteiger partial charge is 0.337 e. The van der Waals surface area contributed by atoms with E-state index in [2.05, 4.69) is 10.3 Å². The van der Waals surface area contributed by atoms with Crippen molar-refractivity contribution in [2.75, 3.05) is 11.9 Å². The Morgan fingerprint density at radius 1 is 1.45 bits per heavy atom. The van der Waals surface area contributed by atoms with Crippen LogP contribution in [0.3, 0.4) is 0 Å². The molecule has 2 aliphatic rings. The van der Waals surface area contributed by atoms with Gasteiger partial charge in [-0.05, 0) is 19.3 Å². The maximum Gasteiger partial charge on any atom is 0.229 e. The monoisotopic (exact) mass is 293 g/mol. The first-order chi connectivity index (χ1) is 9.67. The van der Waals surface area contributed by atoms with Gasteiger partial charge in [-0.15, -0.1) is 0 Å². The molecule has 5 nitrogen and oxygen atoms in total. The fourth-order valence-corrected chi connectivity index (χ4v) is 3.41. The molecule has 20 heavy (non-hydrogen) atoms. The number of rotatable bonds is 4. The minimum atomic E-state index is 0.0926. The summed E-state index contributed by atoms with van der Waals surface area (Å²) in [7, 11) is 0. The minimum absolute atomic E-state index is 0.0926. The van der Waals surface area contributed by atoms with Gasteiger partial charge in [-0.25, -0.2) is 4.98 Å². The number of fused-ring (bicyclic) bond motifs is 1. The van der Waals surface area contributed by atoms with Crippen LogP contribution in [0.25, 0.3) is 0 Å². The molecule has 1 aromatic rings. The Hall–Kier alpha value is -1.43. The van der Waals surface area contributed by atoms with Crippen LogP contribution in [0.1, 0.15) is 43.2 Å². The number of anilines is 1. The molecule has 0 spiro atoms. The molecule has 1 N–H and O–H groups in total. The molecule has 0 bridgehead atoms. The van der Waals surface area contributed by atoms with Crippen molar-refractivity contribution in [2.24, 2.45) is 5.92 Å². The Morgan fingerprint density at radius 2 is 2.25 bits per heavy atom. The van der Waals surface area contributed by atoms with Gasteiger partial charge in [0.05, 0.1) is 12.2 Å². The second-order valence-electron chi connectivity index (χ2n) is 5.47. The van der Waals surface area contributed by atoms with E-state index in [9.17, 15) is 9.59 Å². The first kappa shape index (κ1) is 13.5. The fourth-order valence-electron chi connectivity index (χ4n) is 2.39. The minimum Gasteiger partial charge on any atom is -0.337 e. The number of amides is 2. The van der Waals surface area contributed by atoms with Crippen LogP contribution in [-0.4, -0.2) is 28.2 Å². The van der Waals surface area contributed by atoms with Crippen molar-refractivity contribution in [1.29, 1.82) is 0 Å². The molecule has 1 fully saturated rings. The Bertz CT molecular complexity index is 537. The van der Waals surface area contributed by atoms with Gasteiger partial charge in [0.15, 0.2) is 5.13 Å². The number of nitrogens with zero attached hydrogens (tertiary/aromatic N) is 2. The van der Waals surface area contributed by atoms with Crippen LogP contribution in [-0.2, 0) is 22.6 Å². The summed E-state index contributed by atoms with van der Waals surface area (Å²) in [6, 6.07) is 0. The zero-order chi connectivity index (χ0) is 14.1. The van der Waals surface area contributed by atoms with Crippen LogP contribution >= 0.6 is 11.3 Å². The Labute approximate surface area is 122 Å². The summed E-state index contributed by atoms with van der Waals surface area (Å²) in [6.07, 6.45) is 4.28. The zero-order valence-corrected chi connectivity index (χ0v) is 12.5. The van der Waals surface area contributed by atoms with Crippen molar-refractivity contribution in [3.63, 3.8) is 0 Å². The number of carbonyl (C=O) groups excluding carboxylic acids is 2. The zero-order valence-electron chi connectivity index (χ0n) is 11.6. The van der Waals surface area contributed by atoms with Gasteiger partial charge >= 0.3 is 0 Å². The lowest BCUT2D eigenvalue weighted by molar-refractivity contribution is -0.132. The smallest absolute Gasteiger partial charge is 0.229 e. The van der Waals surface area contributed by atoms with E-state index in [0.29, 0.717) is 18.1 Å². The van der Waals surface area contributed by atoms with Gasteiger partial charge in [0.25, 0.3) is 0 Å². The topological polar surface area (TPSA) is 62.3 Å². The summed E-state index contributed by atoms with van der Waals surface area (Å²) in [5.74, 6) is 0.503. The number of hydrogen-bond donors (Lipinski definition) is 1. The Morgan fingerprint density at radius 3 is 2.95 bits per heavy atom. The molecule has 3 rings (SSSR count). The predicted octanol–water partition coefficient (Wildman–Crippen LogP) is 2.18. The molecule has 1 aromatic heterocycles. The third-order valence-electron chi connectivity index (χ3n) is 3.73. The maximum atomic E-state index is 11.9. The standard InChI is InChI=1S/C14H19N3O2S/c1-2-3-12(18)17-7-6-10-11(8-17)20-14(15-10)16-13(19)9-4-5-9/h9H,2-8H2,1H3,(H,15,16,19). The molecule has 1 aliphatic heterocycles. The second kappa shape index (κ2) is 5.52. The van der Waals surface area contributed by atoms with E-state index in [4.69, 9.17) is 0 Å². The molecular formula is C14H19N3O2S. The van der Waals surface area contributed by atoms with Crippen molar-refractivity contribution in [2.45, 2.75) is 45.6 Å². The Kier molecular flexibility index (Phi) is 3.74. The molecular weight excluding hydrogens is 274 g/mol. The van der Waals surface area contributed by atoms with Crippen molar-refractivity contribution < 1.29 is 9.59 Å². The number of hydrogen-bond acceptors (Lipinski definition) is 4. The third-order valence-corrected chi connectivity index (χ3v) is 4.72. The molecule has 1 aliphatic carbocycles. The maximum absolute atomic E-state index is 11.9. The lowest BCUT2D eigenvalue weighted by atomic mass is 10.1. The molecule has 108 valence electrons. The average Bonchev–Trinajstić information content (AvgIpc) is 3.19. The highest BCUT2D eigenvalue weighted by atomic mass is 32.1. The van der Waals surface area contributed by atoms with E-state index in [1.165, 1.54) is 11.3 Å². The van der Waals surface area contributed by atoms with Gasteiger partial charge in [-0.2, -0.15) is 0 Å². The van der Waals surface area contributed by atoms with Gasteiger partial charge < -0.3 is 10.2 Å². The SMILES string of the molecule is CCCC(=O)N1CCc2nc(NC(=O)C3CC3)sc2C1. The van der Waals surface area contributed by atoms with E-state index < -0.39 is 0 Å². The molecule has 6 heteroatoms. The first-order valence-electron chi connectivity index (χ1n) is 7.24. The van der Waals surface area contributed by atoms with Crippen LogP contribution in [0.4, 0.5) is 5.13 Å². The highest BCUT2D eigenvalue weighted by molar-refractivity contribution is 7.15. The summed E-state index contributed by atoms with van der Waals surface area (Å²) in [5, 5.41) is 3.59. The van der Waals surface area contributed by atoms with Gasteiger partial charge in [0, 0.05) is 30.2 Å². The fraction of sp³-hybridized carbons (Fsp3) is 0.643. The number of carbonyl (C=O) groups is 2. The molecule has 0 aromatic carbocycles. The molecule has 1 saturated carbocycles. The van der Waals surface area contributed by atoms with Crippen LogP contribution in [0.15, 0.2) is 0 Å².